The maximum atomic E-state index is 13.0. The van der Waals surface area contributed by atoms with Crippen LogP contribution in [0.4, 0.5) is 0 Å². The molecule has 23 heavy (non-hydrogen) atoms. The Hall–Kier alpha value is -1.27. The van der Waals surface area contributed by atoms with Crippen molar-refractivity contribution >= 4 is 28.3 Å². The second-order valence-electron chi connectivity index (χ2n) is 5.64. The van der Waals surface area contributed by atoms with E-state index in [1.165, 1.54) is 0 Å². The van der Waals surface area contributed by atoms with Crippen molar-refractivity contribution in [2.45, 2.75) is 48.7 Å². The van der Waals surface area contributed by atoms with E-state index in [-0.39, 0.29) is 11.8 Å². The molecule has 0 aromatic heterocycles. The van der Waals surface area contributed by atoms with Gasteiger partial charge in [-0.15, -0.1) is 11.6 Å². The lowest BCUT2D eigenvalue weighted by Crippen LogP contribution is -2.55. The normalized spacial score (nSPS) is 27.8. The third kappa shape index (κ3) is 3.80. The molecule has 0 radical (unpaired) electrons. The Bertz CT molecular complexity index is 596. The number of rotatable bonds is 7. The summed E-state index contributed by atoms with van der Waals surface area (Å²) in [4.78, 5) is 11.2. The molecule has 0 saturated heterocycles. The first kappa shape index (κ1) is 18.1. The monoisotopic (exact) mass is 355 g/mol. The fraction of sp³-hybridized carbons (Fsp3) is 0.562. The van der Waals surface area contributed by atoms with Gasteiger partial charge in [-0.3, -0.25) is 9.00 Å². The van der Waals surface area contributed by atoms with Gasteiger partial charge in [0.15, 0.2) is 0 Å². The second kappa shape index (κ2) is 8.02. The first-order valence-corrected chi connectivity index (χ1v) is 9.54. The van der Waals surface area contributed by atoms with Crippen LogP contribution in [-0.2, 0) is 21.3 Å². The number of nitrogens with zero attached hydrogens (tertiary/aromatic N) is 2. The molecule has 1 aliphatic heterocycles. The average Bonchev–Trinajstić information content (AvgIpc) is 2.85. The molecular formula is C16H22ClN3O2S. The van der Waals surface area contributed by atoms with Crippen molar-refractivity contribution in [1.29, 1.82) is 0 Å². The van der Waals surface area contributed by atoms with Crippen LogP contribution in [0.2, 0.25) is 0 Å². The lowest BCUT2D eigenvalue weighted by Gasteiger charge is -2.27. The minimum absolute atomic E-state index is 0.219. The third-order valence-electron chi connectivity index (χ3n) is 3.81. The number of halogens is 1. The molecule has 0 bridgehead atoms. The van der Waals surface area contributed by atoms with Crippen LogP contribution in [-0.4, -0.2) is 33.0 Å². The van der Waals surface area contributed by atoms with Gasteiger partial charge in [-0.2, -0.15) is 10.2 Å². The summed E-state index contributed by atoms with van der Waals surface area (Å²) in [5, 5.41) is 10.2. The van der Waals surface area contributed by atoms with Crippen LogP contribution in [0, 0.1) is 0 Å². The predicted molar refractivity (Wildman–Crippen MR) is 92.9 cm³/mol. The van der Waals surface area contributed by atoms with E-state index in [1.807, 2.05) is 37.3 Å². The van der Waals surface area contributed by atoms with Gasteiger partial charge in [0.05, 0.1) is 22.6 Å². The average molecular weight is 356 g/mol. The van der Waals surface area contributed by atoms with E-state index < -0.39 is 27.0 Å². The molecule has 1 aliphatic rings. The zero-order valence-electron chi connectivity index (χ0n) is 13.4. The summed E-state index contributed by atoms with van der Waals surface area (Å²) in [7, 11) is -1.60. The number of nitrogens with one attached hydrogen (secondary N) is 1. The number of carbonyl (C=O) groups is 1. The van der Waals surface area contributed by atoms with Crippen molar-refractivity contribution in [3.8, 4) is 0 Å². The zero-order valence-corrected chi connectivity index (χ0v) is 14.9. The third-order valence-corrected chi connectivity index (χ3v) is 6.44. The van der Waals surface area contributed by atoms with E-state index in [2.05, 4.69) is 15.5 Å². The van der Waals surface area contributed by atoms with Crippen molar-refractivity contribution in [2.24, 2.45) is 10.2 Å². The molecule has 7 heteroatoms. The number of alkyl halides is 1. The van der Waals surface area contributed by atoms with Gasteiger partial charge < -0.3 is 5.32 Å². The molecule has 2 rings (SSSR count). The summed E-state index contributed by atoms with van der Waals surface area (Å²) in [6.45, 7) is 4.34. The Kier molecular flexibility index (Phi) is 6.30. The molecule has 0 aliphatic carbocycles. The minimum Gasteiger partial charge on any atom is -0.353 e. The zero-order chi connectivity index (χ0) is 16.9. The van der Waals surface area contributed by atoms with Crippen molar-refractivity contribution < 1.29 is 9.00 Å². The highest BCUT2D eigenvalue weighted by atomic mass is 35.5. The number of unbranched alkanes of at least 4 members (excludes halogenated alkanes) is 1. The molecule has 0 fully saturated rings. The lowest BCUT2D eigenvalue weighted by molar-refractivity contribution is -0.123. The largest absolute Gasteiger partial charge is 0.353 e. The summed E-state index contributed by atoms with van der Waals surface area (Å²) >= 11 is 6.41. The van der Waals surface area contributed by atoms with Gasteiger partial charge in [-0.05, 0) is 18.9 Å². The molecule has 1 amide bonds. The predicted octanol–water partition coefficient (Wildman–Crippen LogP) is 3.01. The van der Waals surface area contributed by atoms with E-state index in [0.29, 0.717) is 6.54 Å². The first-order chi connectivity index (χ1) is 11.0. The topological polar surface area (TPSA) is 70.9 Å². The highest BCUT2D eigenvalue weighted by molar-refractivity contribution is 7.86. The molecule has 1 aromatic carbocycles. The highest BCUT2D eigenvalue weighted by Crippen LogP contribution is 2.37. The fourth-order valence-corrected chi connectivity index (χ4v) is 4.48. The lowest BCUT2D eigenvalue weighted by atomic mass is 10.1. The molecule has 5 nitrogen and oxygen atoms in total. The van der Waals surface area contributed by atoms with Crippen LogP contribution in [0.5, 0.6) is 0 Å². The molecule has 0 unspecified atom stereocenters. The number of benzene rings is 1. The van der Waals surface area contributed by atoms with Crippen molar-refractivity contribution in [1.82, 2.24) is 5.32 Å². The molecule has 1 N–H and O–H groups in total. The van der Waals surface area contributed by atoms with Gasteiger partial charge in [0.2, 0.25) is 0 Å². The number of hydrogen-bond donors (Lipinski definition) is 1. The van der Waals surface area contributed by atoms with Gasteiger partial charge in [0.1, 0.15) is 5.38 Å². The molecule has 126 valence electrons. The van der Waals surface area contributed by atoms with Crippen LogP contribution in [0.1, 0.15) is 32.3 Å². The summed E-state index contributed by atoms with van der Waals surface area (Å²) in [5.41, 5.74) is 0.880. The Labute approximate surface area is 144 Å². The van der Waals surface area contributed by atoms with E-state index in [1.54, 1.807) is 6.92 Å². The van der Waals surface area contributed by atoms with Crippen LogP contribution in [0.25, 0.3) is 0 Å². The van der Waals surface area contributed by atoms with Gasteiger partial charge in [0.25, 0.3) is 10.8 Å². The first-order valence-electron chi connectivity index (χ1n) is 7.79. The van der Waals surface area contributed by atoms with Crippen LogP contribution in [0.3, 0.4) is 0 Å². The standard InChI is InChI=1S/C16H22ClN3O2S/c1-3-4-10-18-15(21)16(14(17)12(2)19-20-16)23(22)11-13-8-6-5-7-9-13/h5-9,12,14H,3-4,10-11H2,1-2H3,(H,18,21)/t12-,14-,16+,23+/m0/s1. The fourth-order valence-electron chi connectivity index (χ4n) is 2.40. The van der Waals surface area contributed by atoms with Gasteiger partial charge in [-0.25, -0.2) is 0 Å². The van der Waals surface area contributed by atoms with Gasteiger partial charge in [0, 0.05) is 6.54 Å². The Morgan fingerprint density at radius 1 is 1.39 bits per heavy atom. The quantitative estimate of drug-likeness (QED) is 0.603. The summed E-state index contributed by atoms with van der Waals surface area (Å²) in [6, 6.07) is 9.04. The minimum atomic E-state index is -1.60. The molecule has 0 saturated carbocycles. The van der Waals surface area contributed by atoms with Crippen LogP contribution < -0.4 is 5.32 Å². The second-order valence-corrected chi connectivity index (χ2v) is 7.71. The smallest absolute Gasteiger partial charge is 0.264 e. The maximum absolute atomic E-state index is 13.0. The number of amides is 1. The van der Waals surface area contributed by atoms with E-state index >= 15 is 0 Å². The van der Waals surface area contributed by atoms with E-state index in [0.717, 1.165) is 18.4 Å². The van der Waals surface area contributed by atoms with Crippen molar-refractivity contribution in [3.63, 3.8) is 0 Å². The number of carbonyl (C=O) groups excluding carboxylic acids is 1. The Morgan fingerprint density at radius 3 is 2.65 bits per heavy atom. The van der Waals surface area contributed by atoms with Gasteiger partial charge >= 0.3 is 0 Å². The molecule has 1 heterocycles. The summed E-state index contributed by atoms with van der Waals surface area (Å²) in [6.07, 6.45) is 1.81. The van der Waals surface area contributed by atoms with E-state index in [4.69, 9.17) is 11.6 Å². The van der Waals surface area contributed by atoms with Crippen molar-refractivity contribution in [3.05, 3.63) is 35.9 Å². The molecule has 1 aromatic rings. The highest BCUT2D eigenvalue weighted by Gasteiger charge is 2.56. The summed E-state index contributed by atoms with van der Waals surface area (Å²) < 4.78 is 13.0. The SMILES string of the molecule is CCCCNC(=O)[C@@]1([S@](=O)Cc2ccccc2)N=N[C@@H](C)[C@@H]1Cl. The molecule has 4 atom stereocenters. The number of azo groups is 1. The maximum Gasteiger partial charge on any atom is 0.264 e. The Balaban J connectivity index is 2.22. The van der Waals surface area contributed by atoms with Crippen LogP contribution >= 0.6 is 11.6 Å². The number of hydrogen-bond acceptors (Lipinski definition) is 4. The van der Waals surface area contributed by atoms with Crippen molar-refractivity contribution in [2.75, 3.05) is 6.54 Å². The molecule has 0 spiro atoms. The van der Waals surface area contributed by atoms with E-state index in [9.17, 15) is 9.00 Å². The van der Waals surface area contributed by atoms with Gasteiger partial charge in [-0.1, -0.05) is 43.7 Å². The summed E-state index contributed by atoms with van der Waals surface area (Å²) in [5.74, 6) is -0.176. The Morgan fingerprint density at radius 2 is 2.09 bits per heavy atom. The van der Waals surface area contributed by atoms with Crippen LogP contribution in [0.15, 0.2) is 40.6 Å². The molecular weight excluding hydrogens is 334 g/mol.